The van der Waals surface area contributed by atoms with E-state index < -0.39 is 12.6 Å². The molecule has 0 bridgehead atoms. The van der Waals surface area contributed by atoms with E-state index in [1.54, 1.807) is 11.3 Å². The van der Waals surface area contributed by atoms with Gasteiger partial charge in [0.2, 0.25) is 0 Å². The predicted molar refractivity (Wildman–Crippen MR) is 64.9 cm³/mol. The van der Waals surface area contributed by atoms with Gasteiger partial charge in [0.05, 0.1) is 17.8 Å². The molecule has 0 aliphatic carbocycles. The summed E-state index contributed by atoms with van der Waals surface area (Å²) in [7, 11) is 0. The van der Waals surface area contributed by atoms with Gasteiger partial charge in [0.1, 0.15) is 0 Å². The van der Waals surface area contributed by atoms with Crippen LogP contribution in [0.15, 0.2) is 6.20 Å². The van der Waals surface area contributed by atoms with Crippen molar-refractivity contribution in [2.24, 2.45) is 0 Å². The Labute approximate surface area is 107 Å². The third-order valence-corrected chi connectivity index (χ3v) is 3.52. The molecule has 0 aliphatic rings. The molecule has 2 aromatic rings. The first-order chi connectivity index (χ1) is 8.37. The van der Waals surface area contributed by atoms with Crippen LogP contribution in [0, 0.1) is 13.8 Å². The number of hydrogen-bond acceptors (Lipinski definition) is 3. The Hall–Kier alpha value is -1.08. The van der Waals surface area contributed by atoms with Gasteiger partial charge in [0.25, 0.3) is 0 Å². The van der Waals surface area contributed by atoms with Gasteiger partial charge in [0.15, 0.2) is 4.96 Å². The number of aryl methyl sites for hydroxylation is 2. The molecular weight excluding hydrogens is 263 g/mol. The SMILES string of the molecule is Cc1cn2c(CNCCC(F)(F)F)c(C)nc2s1. The summed E-state index contributed by atoms with van der Waals surface area (Å²) in [5, 5.41) is 2.81. The molecular formula is C11H14F3N3S. The lowest BCUT2D eigenvalue weighted by atomic mass is 10.3. The maximum atomic E-state index is 12.0. The van der Waals surface area contributed by atoms with Gasteiger partial charge in [-0.3, -0.25) is 4.40 Å². The smallest absolute Gasteiger partial charge is 0.311 e. The fourth-order valence-corrected chi connectivity index (χ4v) is 2.65. The number of nitrogens with one attached hydrogen (secondary N) is 1. The number of fused-ring (bicyclic) bond motifs is 1. The van der Waals surface area contributed by atoms with Crippen LogP contribution >= 0.6 is 11.3 Å². The molecule has 3 nitrogen and oxygen atoms in total. The zero-order chi connectivity index (χ0) is 13.3. The van der Waals surface area contributed by atoms with E-state index in [0.29, 0.717) is 6.54 Å². The molecule has 7 heteroatoms. The number of nitrogens with zero attached hydrogens (tertiary/aromatic N) is 2. The third-order valence-electron chi connectivity index (χ3n) is 2.62. The highest BCUT2D eigenvalue weighted by molar-refractivity contribution is 7.17. The molecule has 0 aliphatic heterocycles. The molecule has 0 spiro atoms. The number of alkyl halides is 3. The normalized spacial score (nSPS) is 12.5. The molecule has 0 aromatic carbocycles. The van der Waals surface area contributed by atoms with E-state index >= 15 is 0 Å². The van der Waals surface area contributed by atoms with Crippen LogP contribution in [-0.2, 0) is 6.54 Å². The number of hydrogen-bond donors (Lipinski definition) is 1. The second-order valence-corrected chi connectivity index (χ2v) is 5.39. The average Bonchev–Trinajstić information content (AvgIpc) is 2.68. The molecule has 0 unspecified atom stereocenters. The number of thiazole rings is 1. The van der Waals surface area contributed by atoms with Crippen molar-refractivity contribution in [3.05, 3.63) is 22.5 Å². The van der Waals surface area contributed by atoms with Crippen molar-refractivity contribution >= 4 is 16.3 Å². The summed E-state index contributed by atoms with van der Waals surface area (Å²) in [6.07, 6.45) is -2.95. The fraction of sp³-hybridized carbons (Fsp3) is 0.545. The highest BCUT2D eigenvalue weighted by atomic mass is 32.1. The van der Waals surface area contributed by atoms with Gasteiger partial charge in [-0.2, -0.15) is 13.2 Å². The maximum Gasteiger partial charge on any atom is 0.390 e. The Bertz CT molecular complexity index is 541. The molecule has 18 heavy (non-hydrogen) atoms. The maximum absolute atomic E-state index is 12.0. The van der Waals surface area contributed by atoms with E-state index in [0.717, 1.165) is 21.2 Å². The molecule has 0 radical (unpaired) electrons. The Morgan fingerprint density at radius 3 is 2.78 bits per heavy atom. The summed E-state index contributed by atoms with van der Waals surface area (Å²) in [4.78, 5) is 6.40. The molecule has 0 saturated carbocycles. The Morgan fingerprint density at radius 1 is 1.39 bits per heavy atom. The van der Waals surface area contributed by atoms with Gasteiger partial charge in [-0.1, -0.05) is 0 Å². The van der Waals surface area contributed by atoms with Crippen LogP contribution in [0.3, 0.4) is 0 Å². The lowest BCUT2D eigenvalue weighted by Crippen LogP contribution is -2.22. The van der Waals surface area contributed by atoms with Gasteiger partial charge in [-0.15, -0.1) is 11.3 Å². The minimum absolute atomic E-state index is 0.0701. The molecule has 100 valence electrons. The first-order valence-electron chi connectivity index (χ1n) is 5.58. The number of imidazole rings is 1. The molecule has 0 fully saturated rings. The summed E-state index contributed by atoms with van der Waals surface area (Å²) in [6.45, 7) is 4.18. The second-order valence-electron chi connectivity index (χ2n) is 4.18. The molecule has 2 aromatic heterocycles. The van der Waals surface area contributed by atoms with Gasteiger partial charge in [-0.05, 0) is 13.8 Å². The minimum atomic E-state index is -4.10. The van der Waals surface area contributed by atoms with Crippen LogP contribution in [0.5, 0.6) is 0 Å². The van der Waals surface area contributed by atoms with Crippen molar-refractivity contribution in [3.8, 4) is 0 Å². The lowest BCUT2D eigenvalue weighted by molar-refractivity contribution is -0.133. The van der Waals surface area contributed by atoms with E-state index in [2.05, 4.69) is 10.3 Å². The Balaban J connectivity index is 2.00. The number of aromatic nitrogens is 2. The molecule has 1 N–H and O–H groups in total. The van der Waals surface area contributed by atoms with Gasteiger partial charge < -0.3 is 5.32 Å². The van der Waals surface area contributed by atoms with E-state index in [1.807, 2.05) is 24.4 Å². The topological polar surface area (TPSA) is 29.3 Å². The Kier molecular flexibility index (Phi) is 3.63. The van der Waals surface area contributed by atoms with E-state index in [9.17, 15) is 13.2 Å². The average molecular weight is 277 g/mol. The molecule has 2 heterocycles. The fourth-order valence-electron chi connectivity index (χ4n) is 1.76. The quantitative estimate of drug-likeness (QED) is 0.870. The Morgan fingerprint density at radius 2 is 2.11 bits per heavy atom. The monoisotopic (exact) mass is 277 g/mol. The summed E-state index contributed by atoms with van der Waals surface area (Å²) in [5.41, 5.74) is 1.79. The molecule has 0 saturated heterocycles. The van der Waals surface area contributed by atoms with E-state index in [1.165, 1.54) is 0 Å². The first kappa shape index (κ1) is 13.4. The third kappa shape index (κ3) is 3.02. The van der Waals surface area contributed by atoms with Crippen LogP contribution in [0.4, 0.5) is 13.2 Å². The second kappa shape index (κ2) is 4.89. The molecule has 2 rings (SSSR count). The zero-order valence-corrected chi connectivity index (χ0v) is 11.0. The highest BCUT2D eigenvalue weighted by Crippen LogP contribution is 2.21. The first-order valence-corrected chi connectivity index (χ1v) is 6.40. The van der Waals surface area contributed by atoms with Crippen molar-refractivity contribution < 1.29 is 13.2 Å². The van der Waals surface area contributed by atoms with Gasteiger partial charge in [-0.25, -0.2) is 4.98 Å². The van der Waals surface area contributed by atoms with Crippen LogP contribution < -0.4 is 5.32 Å². The van der Waals surface area contributed by atoms with E-state index in [4.69, 9.17) is 0 Å². The van der Waals surface area contributed by atoms with Gasteiger partial charge >= 0.3 is 6.18 Å². The zero-order valence-electron chi connectivity index (χ0n) is 10.1. The summed E-state index contributed by atoms with van der Waals surface area (Å²) in [5.74, 6) is 0. The van der Waals surface area contributed by atoms with Crippen molar-refractivity contribution in [3.63, 3.8) is 0 Å². The number of rotatable bonds is 4. The van der Waals surface area contributed by atoms with Crippen molar-refractivity contribution in [2.45, 2.75) is 33.0 Å². The molecule has 0 atom stereocenters. The summed E-state index contributed by atoms with van der Waals surface area (Å²) >= 11 is 1.57. The van der Waals surface area contributed by atoms with Crippen molar-refractivity contribution in [1.29, 1.82) is 0 Å². The minimum Gasteiger partial charge on any atom is -0.311 e. The van der Waals surface area contributed by atoms with Crippen LogP contribution in [-0.4, -0.2) is 22.1 Å². The lowest BCUT2D eigenvalue weighted by Gasteiger charge is -2.07. The summed E-state index contributed by atoms with van der Waals surface area (Å²) in [6, 6.07) is 0. The van der Waals surface area contributed by atoms with Crippen molar-refractivity contribution in [1.82, 2.24) is 14.7 Å². The largest absolute Gasteiger partial charge is 0.390 e. The van der Waals surface area contributed by atoms with Gasteiger partial charge in [0, 0.05) is 24.2 Å². The summed E-state index contributed by atoms with van der Waals surface area (Å²) < 4.78 is 37.9. The standard InChI is InChI=1S/C11H14F3N3S/c1-7-6-17-9(8(2)16-10(17)18-7)5-15-4-3-11(12,13)14/h6,15H,3-5H2,1-2H3. The van der Waals surface area contributed by atoms with Crippen LogP contribution in [0.25, 0.3) is 4.96 Å². The van der Waals surface area contributed by atoms with Crippen LogP contribution in [0.1, 0.15) is 22.7 Å². The number of halogens is 3. The van der Waals surface area contributed by atoms with E-state index in [-0.39, 0.29) is 6.54 Å². The van der Waals surface area contributed by atoms with Crippen LogP contribution in [0.2, 0.25) is 0 Å². The predicted octanol–water partition coefficient (Wildman–Crippen LogP) is 3.05. The highest BCUT2D eigenvalue weighted by Gasteiger charge is 2.26. The molecule has 0 amide bonds. The van der Waals surface area contributed by atoms with Crippen molar-refractivity contribution in [2.75, 3.05) is 6.54 Å².